The van der Waals surface area contributed by atoms with Crippen LogP contribution in [0.4, 0.5) is 20.4 Å². The molecule has 86 heavy (non-hydrogen) atoms. The summed E-state index contributed by atoms with van der Waals surface area (Å²) in [4.78, 5) is 82.3. The van der Waals surface area contributed by atoms with E-state index in [0.717, 1.165) is 23.0 Å². The maximum atomic E-state index is 15.8. The molecule has 2 aromatic heterocycles. The minimum absolute atomic E-state index is 0.0244. The van der Waals surface area contributed by atoms with Crippen molar-refractivity contribution in [1.29, 1.82) is 0 Å². The Morgan fingerprint density at radius 2 is 1.52 bits per heavy atom. The molecule has 26 nitrogen and oxygen atoms in total. The van der Waals surface area contributed by atoms with Gasteiger partial charge in [-0.3, -0.25) is 37.4 Å². The highest BCUT2D eigenvalue weighted by Crippen LogP contribution is 2.49. The number of carbonyl (C=O) groups is 4. The number of fused-ring (bicyclic) bond motifs is 16. The number of hydrogen-bond donors (Lipinski definition) is 6. The topological polar surface area (TPSA) is 335 Å². The maximum absolute atomic E-state index is 15.8. The molecule has 0 radical (unpaired) electrons. The molecule has 2 fully saturated rings. The van der Waals surface area contributed by atoms with Crippen molar-refractivity contribution >= 4 is 50.9 Å². The highest BCUT2D eigenvalue weighted by molar-refractivity contribution is 7.52. The van der Waals surface area contributed by atoms with Crippen molar-refractivity contribution in [2.75, 3.05) is 37.1 Å². The van der Waals surface area contributed by atoms with E-state index in [1.165, 1.54) is 62.6 Å². The first-order valence-corrected chi connectivity index (χ1v) is 30.5. The molecular formula is C56H72F2N8O18P2. The normalized spacial score (nSPS) is 27.4. The summed E-state index contributed by atoms with van der Waals surface area (Å²) in [5.41, 5.74) is -6.90. The zero-order valence-electron chi connectivity index (χ0n) is 47.8. The van der Waals surface area contributed by atoms with Crippen molar-refractivity contribution in [1.82, 2.24) is 29.3 Å². The lowest BCUT2D eigenvalue weighted by molar-refractivity contribution is -0.146. The molecule has 2 saturated heterocycles. The third kappa shape index (κ3) is 19.2. The molecule has 0 spiro atoms. The number of nitrogens with one attached hydrogen (secondary N) is 4. The fourth-order valence-corrected chi connectivity index (χ4v) is 11.5. The molecule has 30 heteroatoms. The van der Waals surface area contributed by atoms with Gasteiger partial charge in [0.25, 0.3) is 0 Å². The Bertz CT molecular complexity index is 3210. The van der Waals surface area contributed by atoms with E-state index < -0.39 is 112 Å². The van der Waals surface area contributed by atoms with E-state index in [1.807, 2.05) is 12.2 Å². The third-order valence-corrected chi connectivity index (χ3v) is 16.4. The molecule has 2 aromatic carbocycles. The van der Waals surface area contributed by atoms with Crippen LogP contribution >= 0.6 is 15.5 Å². The molecule has 12 atom stereocenters. The van der Waals surface area contributed by atoms with E-state index in [2.05, 4.69) is 43.9 Å². The van der Waals surface area contributed by atoms with Gasteiger partial charge >= 0.3 is 38.8 Å². The molecule has 6 N–H and O–H groups in total. The number of alkyl halides is 2. The molecule has 4 aromatic rings. The number of halogens is 2. The zero-order valence-corrected chi connectivity index (χ0v) is 49.6. The fourth-order valence-electron chi connectivity index (χ4n) is 8.48. The maximum Gasteiger partial charge on any atom is 0.459 e. The van der Waals surface area contributed by atoms with Crippen LogP contribution in [-0.2, 0) is 56.3 Å². The van der Waals surface area contributed by atoms with Gasteiger partial charge in [-0.1, -0.05) is 60.7 Å². The number of aromatic nitrogens is 4. The number of para-hydroxylation sites is 2. The molecule has 4 aliphatic heterocycles. The SMILES string of the molecule is C=CCCCOC(=O)[C@H](C)N[P@](=O)(OC[C@H]1O[C@@H](n2ccc(NC(=O)CCC=C)nc2=O)[C@@](C)(F)C1O)Oc1ccccc1.C[C@@H]1N[P@@](=O)(Oc2ccccc2)OCC2OC(n3ccc(nc3=O)NC(=O)CCC=CCCCOC1=O)[C@](C)(F)[C@@H]2O. The van der Waals surface area contributed by atoms with Gasteiger partial charge in [-0.15, -0.1) is 13.2 Å². The van der Waals surface area contributed by atoms with Gasteiger partial charge in [0, 0.05) is 25.2 Å². The number of amides is 2. The number of carbonyl (C=O) groups excluding carboxylic acids is 4. The summed E-state index contributed by atoms with van der Waals surface area (Å²) in [6, 6.07) is 16.3. The molecule has 6 heterocycles. The smallest absolute Gasteiger partial charge is 0.459 e. The van der Waals surface area contributed by atoms with Crippen LogP contribution < -0.4 is 41.2 Å². The summed E-state index contributed by atoms with van der Waals surface area (Å²) in [5, 5.41) is 31.6. The number of rotatable bonds is 19. The van der Waals surface area contributed by atoms with Crippen LogP contribution in [0.15, 0.2) is 132 Å². The molecule has 4 bridgehead atoms. The van der Waals surface area contributed by atoms with Crippen molar-refractivity contribution < 1.29 is 84.3 Å². The predicted octanol–water partition coefficient (Wildman–Crippen LogP) is 6.85. The molecule has 0 aliphatic carbocycles. The molecular weight excluding hydrogens is 1170 g/mol. The number of unbranched alkanes of at least 4 members (excludes halogenated alkanes) is 1. The van der Waals surface area contributed by atoms with Crippen molar-refractivity contribution in [2.24, 2.45) is 0 Å². The average Bonchev–Trinajstić information content (AvgIpc) is 1.92. The van der Waals surface area contributed by atoms with Gasteiger partial charge < -0.3 is 48.8 Å². The number of allylic oxidation sites excluding steroid dienone is 4. The minimum atomic E-state index is -4.35. The largest absolute Gasteiger partial charge is 0.465 e. The molecule has 0 saturated carbocycles. The Labute approximate surface area is 494 Å². The Kier molecular flexibility index (Phi) is 24.9. The molecule has 2 amide bonds. The molecule has 4 aliphatic rings. The van der Waals surface area contributed by atoms with Gasteiger partial charge in [0.1, 0.15) is 59.6 Å². The first-order valence-electron chi connectivity index (χ1n) is 27.5. The third-order valence-electron chi connectivity index (χ3n) is 13.1. The summed E-state index contributed by atoms with van der Waals surface area (Å²) in [6.45, 7) is 10.9. The Morgan fingerprint density at radius 3 is 2.19 bits per heavy atom. The van der Waals surface area contributed by atoms with Crippen molar-refractivity contribution in [3.05, 3.63) is 144 Å². The van der Waals surface area contributed by atoms with E-state index in [-0.39, 0.29) is 61.0 Å². The molecule has 3 unspecified atom stereocenters. The number of benzene rings is 2. The van der Waals surface area contributed by atoms with Crippen LogP contribution in [0.2, 0.25) is 0 Å². The number of aliphatic hydroxyl groups is 2. The predicted molar refractivity (Wildman–Crippen MR) is 308 cm³/mol. The number of esters is 2. The van der Waals surface area contributed by atoms with Gasteiger partial charge in [0.15, 0.2) is 23.8 Å². The second-order valence-electron chi connectivity index (χ2n) is 20.2. The lowest BCUT2D eigenvalue weighted by atomic mass is 9.98. The van der Waals surface area contributed by atoms with Gasteiger partial charge in [0.2, 0.25) is 11.8 Å². The lowest BCUT2D eigenvalue weighted by Gasteiger charge is -2.25. The second-order valence-corrected chi connectivity index (χ2v) is 23.6. The quantitative estimate of drug-likeness (QED) is 0.0242. The first-order chi connectivity index (χ1) is 40.9. The Morgan fingerprint density at radius 1 is 0.895 bits per heavy atom. The minimum Gasteiger partial charge on any atom is -0.465 e. The van der Waals surface area contributed by atoms with E-state index in [4.69, 9.17) is 37.0 Å². The monoisotopic (exact) mass is 1240 g/mol. The van der Waals surface area contributed by atoms with Crippen LogP contribution in [-0.4, -0.2) is 127 Å². The van der Waals surface area contributed by atoms with Crippen molar-refractivity contribution in [3.63, 3.8) is 0 Å². The van der Waals surface area contributed by atoms with Gasteiger partial charge in [-0.2, -0.15) is 20.1 Å². The number of anilines is 2. The van der Waals surface area contributed by atoms with Crippen LogP contribution in [0, 0.1) is 0 Å². The van der Waals surface area contributed by atoms with Gasteiger partial charge in [0.05, 0.1) is 26.4 Å². The highest BCUT2D eigenvalue weighted by atomic mass is 31.2. The van der Waals surface area contributed by atoms with Crippen molar-refractivity contribution in [3.8, 4) is 11.5 Å². The number of ether oxygens (including phenoxy) is 4. The molecule has 468 valence electrons. The summed E-state index contributed by atoms with van der Waals surface area (Å²) in [7, 11) is -8.69. The average molecular weight is 1250 g/mol. The lowest BCUT2D eigenvalue weighted by Crippen LogP contribution is -2.43. The number of nitrogens with zero attached hydrogens (tertiary/aromatic N) is 4. The van der Waals surface area contributed by atoms with E-state index in [9.17, 15) is 48.1 Å². The highest BCUT2D eigenvalue weighted by Gasteiger charge is 2.57. The van der Waals surface area contributed by atoms with E-state index in [0.29, 0.717) is 38.5 Å². The van der Waals surface area contributed by atoms with Crippen LogP contribution in [0.25, 0.3) is 0 Å². The standard InChI is InChI=1S/C29H38FN4O9P.C27H34FN4O9P/c1-5-7-12-18-40-26(37)20(3)33-44(39,43-21-13-10-9-11-14-21)41-19-22-25(36)29(4,30)27(42-22)34-17-16-23(32-28(34)38)31-24(35)15-8-6-2;1-18-24(35)38-16-10-5-3-4-9-13-22(33)29-21-14-15-32(26(36)30-21)25-27(2,28)23(34)20(40-25)17-39-42(37,31-18)41-19-11-7-6-8-12-19/h5-6,9-11,13-14,16-17,20,22,25,27,36H,1-2,7-8,12,15,18-19H2,3-4H3,(H,33,39)(H,31,32,35,38);3-4,6-8,11-12,14-15,18,20,23,25,34H,5,9-10,13,16-17H2,1-2H3,(H,31,37)(H,29,30,33,36)/t20-,22+,25?,27+,29-,44-;18-,20?,23+,25?,27+,42-/m00/s1. The summed E-state index contributed by atoms with van der Waals surface area (Å²) in [6.07, 6.45) is 2.95. The summed E-state index contributed by atoms with van der Waals surface area (Å²) < 4.78 is 105. The zero-order chi connectivity index (χ0) is 62.7. The Balaban J connectivity index is 0.000000275. The summed E-state index contributed by atoms with van der Waals surface area (Å²) >= 11 is 0. The van der Waals surface area contributed by atoms with Gasteiger partial charge in [-0.05, 0) is 103 Å². The summed E-state index contributed by atoms with van der Waals surface area (Å²) in [5.74, 6) is -1.95. The molecule has 8 rings (SSSR count). The van der Waals surface area contributed by atoms with Crippen LogP contribution in [0.1, 0.15) is 91.5 Å². The van der Waals surface area contributed by atoms with Crippen LogP contribution in [0.5, 0.6) is 11.5 Å². The van der Waals surface area contributed by atoms with Gasteiger partial charge in [-0.25, -0.2) is 27.5 Å². The van der Waals surface area contributed by atoms with E-state index >= 15 is 8.78 Å². The number of hydrogen-bond acceptors (Lipinski definition) is 20. The number of aliphatic hydroxyl groups excluding tert-OH is 2. The van der Waals surface area contributed by atoms with Crippen molar-refractivity contribution in [2.45, 2.75) is 139 Å². The fraction of sp³-hybridized carbons (Fsp3) is 0.464. The van der Waals surface area contributed by atoms with E-state index in [1.54, 1.807) is 48.6 Å². The Hall–Kier alpha value is -7.10. The first kappa shape index (κ1) is 68.0. The second kappa shape index (κ2) is 31.5. The van der Waals surface area contributed by atoms with Crippen LogP contribution in [0.3, 0.4) is 0 Å².